The van der Waals surface area contributed by atoms with Crippen LogP contribution in [-0.2, 0) is 9.84 Å². The highest BCUT2D eigenvalue weighted by Gasteiger charge is 2.33. The molecule has 0 amide bonds. The van der Waals surface area contributed by atoms with Crippen molar-refractivity contribution in [1.29, 1.82) is 0 Å². The first-order valence-corrected chi connectivity index (χ1v) is 8.60. The third kappa shape index (κ3) is 2.85. The fourth-order valence-corrected chi connectivity index (χ4v) is 4.07. The van der Waals surface area contributed by atoms with Crippen molar-refractivity contribution in [3.63, 3.8) is 0 Å². The van der Waals surface area contributed by atoms with E-state index in [1.54, 1.807) is 6.07 Å². The van der Waals surface area contributed by atoms with Crippen LogP contribution in [0.2, 0.25) is 0 Å². The minimum atomic E-state index is -3.06. The molecular weight excluding hydrogens is 320 g/mol. The highest BCUT2D eigenvalue weighted by molar-refractivity contribution is 9.10. The minimum Gasteiger partial charge on any atom is -0.457 e. The lowest BCUT2D eigenvalue weighted by Crippen LogP contribution is -2.31. The minimum absolute atomic E-state index is 0.0241. The lowest BCUT2D eigenvalue weighted by Gasteiger charge is -2.26. The van der Waals surface area contributed by atoms with Crippen molar-refractivity contribution < 1.29 is 17.6 Å². The van der Waals surface area contributed by atoms with Crippen LogP contribution >= 0.6 is 15.9 Å². The van der Waals surface area contributed by atoms with E-state index in [2.05, 4.69) is 15.9 Å². The standard InChI is InChI=1S/C12H15BrO4S/c1-18(15,16)9-4-2-3-8(7-9)11(14)10-5-6-17-12(10)13/h5-6,8-9H,2-4,7H2,1H3. The number of hydrogen-bond acceptors (Lipinski definition) is 4. The van der Waals surface area contributed by atoms with Gasteiger partial charge in [-0.1, -0.05) is 6.42 Å². The quantitative estimate of drug-likeness (QED) is 0.797. The van der Waals surface area contributed by atoms with Gasteiger partial charge < -0.3 is 4.42 Å². The zero-order valence-corrected chi connectivity index (χ0v) is 12.5. The van der Waals surface area contributed by atoms with Gasteiger partial charge in [-0.3, -0.25) is 4.79 Å². The van der Waals surface area contributed by atoms with Gasteiger partial charge in [0.25, 0.3) is 0 Å². The van der Waals surface area contributed by atoms with Crippen LogP contribution in [0, 0.1) is 5.92 Å². The summed E-state index contributed by atoms with van der Waals surface area (Å²) in [5, 5.41) is -0.383. The molecule has 2 rings (SSSR count). The van der Waals surface area contributed by atoms with Gasteiger partial charge in [0.1, 0.15) is 9.84 Å². The lowest BCUT2D eigenvalue weighted by molar-refractivity contribution is 0.0889. The Morgan fingerprint density at radius 2 is 2.17 bits per heavy atom. The molecule has 1 aliphatic carbocycles. The Morgan fingerprint density at radius 3 is 2.72 bits per heavy atom. The van der Waals surface area contributed by atoms with Crippen molar-refractivity contribution in [2.75, 3.05) is 6.26 Å². The summed E-state index contributed by atoms with van der Waals surface area (Å²) in [4.78, 5) is 12.3. The first-order chi connectivity index (χ1) is 8.39. The van der Waals surface area contributed by atoms with Gasteiger partial charge in [0.15, 0.2) is 10.5 Å². The second kappa shape index (κ2) is 5.17. The molecule has 1 aliphatic rings. The predicted octanol–water partition coefficient (Wildman–Crippen LogP) is 2.83. The van der Waals surface area contributed by atoms with Crippen LogP contribution in [0.15, 0.2) is 21.4 Å². The zero-order chi connectivity index (χ0) is 13.3. The van der Waals surface area contributed by atoms with Gasteiger partial charge in [-0.05, 0) is 41.3 Å². The molecule has 18 heavy (non-hydrogen) atoms. The number of Topliss-reactive ketones (excluding diaryl/α,β-unsaturated/α-hetero) is 1. The van der Waals surface area contributed by atoms with Gasteiger partial charge in [-0.2, -0.15) is 0 Å². The van der Waals surface area contributed by atoms with Crippen LogP contribution in [0.25, 0.3) is 0 Å². The van der Waals surface area contributed by atoms with E-state index >= 15 is 0 Å². The second-order valence-electron chi connectivity index (χ2n) is 4.79. The molecule has 1 fully saturated rings. The zero-order valence-electron chi connectivity index (χ0n) is 10.1. The van der Waals surface area contributed by atoms with Crippen LogP contribution in [0.3, 0.4) is 0 Å². The molecule has 1 aromatic heterocycles. The highest BCUT2D eigenvalue weighted by Crippen LogP contribution is 2.32. The summed E-state index contributed by atoms with van der Waals surface area (Å²) in [5.41, 5.74) is 0.508. The third-order valence-corrected chi connectivity index (χ3v) is 5.74. The van der Waals surface area contributed by atoms with E-state index in [-0.39, 0.29) is 17.0 Å². The molecular formula is C12H15BrO4S. The first kappa shape index (κ1) is 13.8. The largest absolute Gasteiger partial charge is 0.457 e. The summed E-state index contributed by atoms with van der Waals surface area (Å²) in [6, 6.07) is 1.62. The van der Waals surface area contributed by atoms with E-state index in [1.807, 2.05) is 0 Å². The maximum absolute atomic E-state index is 12.3. The van der Waals surface area contributed by atoms with Crippen LogP contribution < -0.4 is 0 Å². The number of carbonyl (C=O) groups is 1. The molecule has 0 spiro atoms. The summed E-state index contributed by atoms with van der Waals surface area (Å²) in [5.74, 6) is -0.239. The Kier molecular flexibility index (Phi) is 3.96. The van der Waals surface area contributed by atoms with E-state index < -0.39 is 9.84 Å². The summed E-state index contributed by atoms with van der Waals surface area (Å²) in [6.07, 6.45) is 5.32. The number of sulfone groups is 1. The fraction of sp³-hybridized carbons (Fsp3) is 0.583. The maximum Gasteiger partial charge on any atom is 0.179 e. The number of furan rings is 1. The summed E-state index contributed by atoms with van der Waals surface area (Å²) in [6.45, 7) is 0. The van der Waals surface area contributed by atoms with Crippen molar-refractivity contribution in [2.45, 2.75) is 30.9 Å². The fourth-order valence-electron chi connectivity index (χ4n) is 2.46. The van der Waals surface area contributed by atoms with Crippen LogP contribution in [0.4, 0.5) is 0 Å². The molecule has 2 unspecified atom stereocenters. The van der Waals surface area contributed by atoms with Gasteiger partial charge in [-0.15, -0.1) is 0 Å². The summed E-state index contributed by atoms with van der Waals surface area (Å²) < 4.78 is 28.6. The van der Waals surface area contributed by atoms with E-state index in [4.69, 9.17) is 4.42 Å². The Balaban J connectivity index is 2.15. The van der Waals surface area contributed by atoms with Crippen LogP contribution in [0.5, 0.6) is 0 Å². The van der Waals surface area contributed by atoms with Crippen molar-refractivity contribution in [3.05, 3.63) is 22.6 Å². The molecule has 0 radical (unpaired) electrons. The van der Waals surface area contributed by atoms with Gasteiger partial charge in [0, 0.05) is 12.2 Å². The smallest absolute Gasteiger partial charge is 0.179 e. The first-order valence-electron chi connectivity index (χ1n) is 5.85. The van der Waals surface area contributed by atoms with Crippen LogP contribution in [-0.4, -0.2) is 25.7 Å². The molecule has 0 aliphatic heterocycles. The normalized spacial score (nSPS) is 25.0. The SMILES string of the molecule is CS(=O)(=O)C1CCCC(C(=O)c2ccoc2Br)C1. The summed E-state index contributed by atoms with van der Waals surface area (Å²) >= 11 is 3.18. The van der Waals surface area contributed by atoms with Gasteiger partial charge in [0.05, 0.1) is 17.1 Å². The average molecular weight is 335 g/mol. The molecule has 100 valence electrons. The van der Waals surface area contributed by atoms with E-state index in [9.17, 15) is 13.2 Å². The number of ketones is 1. The molecule has 4 nitrogen and oxygen atoms in total. The molecule has 0 N–H and O–H groups in total. The molecule has 6 heteroatoms. The Labute approximate surface area is 115 Å². The average Bonchev–Trinajstić information content (AvgIpc) is 2.73. The van der Waals surface area contributed by atoms with Crippen molar-refractivity contribution in [3.8, 4) is 0 Å². The van der Waals surface area contributed by atoms with Gasteiger partial charge in [0.2, 0.25) is 0 Å². The van der Waals surface area contributed by atoms with Gasteiger partial charge >= 0.3 is 0 Å². The molecule has 1 aromatic rings. The Hall–Kier alpha value is -0.620. The van der Waals surface area contributed by atoms with Crippen molar-refractivity contribution in [1.82, 2.24) is 0 Å². The summed E-state index contributed by atoms with van der Waals surface area (Å²) in [7, 11) is -3.06. The third-order valence-electron chi connectivity index (χ3n) is 3.49. The molecule has 0 bridgehead atoms. The second-order valence-corrected chi connectivity index (χ2v) is 7.83. The number of hydrogen-bond donors (Lipinski definition) is 0. The topological polar surface area (TPSA) is 64.3 Å². The molecule has 1 saturated carbocycles. The number of halogens is 1. The van der Waals surface area contributed by atoms with Gasteiger partial charge in [-0.25, -0.2) is 8.42 Å². The number of rotatable bonds is 3. The lowest BCUT2D eigenvalue weighted by atomic mass is 9.84. The molecule has 0 saturated heterocycles. The van der Waals surface area contributed by atoms with Crippen LogP contribution in [0.1, 0.15) is 36.0 Å². The highest BCUT2D eigenvalue weighted by atomic mass is 79.9. The number of carbonyl (C=O) groups excluding carboxylic acids is 1. The molecule has 1 heterocycles. The maximum atomic E-state index is 12.3. The Morgan fingerprint density at radius 1 is 1.44 bits per heavy atom. The van der Waals surface area contributed by atoms with E-state index in [0.717, 1.165) is 12.8 Å². The van der Waals surface area contributed by atoms with E-state index in [1.165, 1.54) is 12.5 Å². The monoisotopic (exact) mass is 334 g/mol. The van der Waals surface area contributed by atoms with Crippen molar-refractivity contribution >= 4 is 31.6 Å². The predicted molar refractivity (Wildman–Crippen MR) is 71.3 cm³/mol. The van der Waals surface area contributed by atoms with Crippen molar-refractivity contribution in [2.24, 2.45) is 5.92 Å². The molecule has 2 atom stereocenters. The van der Waals surface area contributed by atoms with E-state index in [0.29, 0.717) is 23.1 Å². The Bertz CT molecular complexity index is 546. The molecule has 0 aromatic carbocycles.